The molecule has 0 aliphatic heterocycles. The highest BCUT2D eigenvalue weighted by Crippen LogP contribution is 2.41. The topological polar surface area (TPSA) is 82.5 Å². The van der Waals surface area contributed by atoms with Crippen LogP contribution in [0.2, 0.25) is 5.15 Å². The van der Waals surface area contributed by atoms with E-state index in [1.165, 1.54) is 5.56 Å². The van der Waals surface area contributed by atoms with Crippen LogP contribution in [0.25, 0.3) is 5.69 Å². The largest absolute Gasteiger partial charge is 0.368 e. The smallest absolute Gasteiger partial charge is 0.219 e. The summed E-state index contributed by atoms with van der Waals surface area (Å²) in [7, 11) is 0. The normalized spacial score (nSPS) is 14.8. The molecule has 0 saturated heterocycles. The van der Waals surface area contributed by atoms with Gasteiger partial charge in [0.1, 0.15) is 5.15 Å². The molecule has 0 radical (unpaired) electrons. The number of hydrogen-bond donors (Lipinski definition) is 1. The van der Waals surface area contributed by atoms with Gasteiger partial charge in [0.05, 0.1) is 23.1 Å². The van der Waals surface area contributed by atoms with Crippen molar-refractivity contribution >= 4 is 17.5 Å². The third-order valence-electron chi connectivity index (χ3n) is 5.16. The van der Waals surface area contributed by atoms with Gasteiger partial charge in [-0.25, -0.2) is 14.6 Å². The SMILES string of the molecule is Nc1ncc(C#Cc2cncc(-n3nc4c(c3Cl)CCC4c3ccccc3)c2)cn1. The van der Waals surface area contributed by atoms with Crippen molar-refractivity contribution in [2.45, 2.75) is 18.8 Å². The van der Waals surface area contributed by atoms with Crippen LogP contribution in [0.3, 0.4) is 0 Å². The summed E-state index contributed by atoms with van der Waals surface area (Å²) in [5.41, 5.74) is 11.1. The van der Waals surface area contributed by atoms with E-state index < -0.39 is 0 Å². The molecule has 0 bridgehead atoms. The molecule has 3 heterocycles. The van der Waals surface area contributed by atoms with E-state index in [0.717, 1.165) is 35.3 Å². The Kier molecular flexibility index (Phi) is 4.66. The van der Waals surface area contributed by atoms with Crippen LogP contribution in [0.1, 0.15) is 40.3 Å². The number of nitrogens with two attached hydrogens (primary N) is 1. The lowest BCUT2D eigenvalue weighted by Gasteiger charge is -2.10. The monoisotopic (exact) mass is 412 g/mol. The van der Waals surface area contributed by atoms with Crippen molar-refractivity contribution in [3.05, 3.63) is 94.3 Å². The van der Waals surface area contributed by atoms with Crippen LogP contribution in [0.4, 0.5) is 5.95 Å². The van der Waals surface area contributed by atoms with E-state index in [1.54, 1.807) is 29.5 Å². The number of anilines is 1. The van der Waals surface area contributed by atoms with Gasteiger partial charge < -0.3 is 5.73 Å². The van der Waals surface area contributed by atoms with E-state index in [-0.39, 0.29) is 11.9 Å². The number of fused-ring (bicyclic) bond motifs is 1. The molecule has 1 unspecified atom stereocenters. The zero-order valence-electron chi connectivity index (χ0n) is 16.0. The van der Waals surface area contributed by atoms with Gasteiger partial charge in [-0.3, -0.25) is 4.98 Å². The van der Waals surface area contributed by atoms with Crippen molar-refractivity contribution in [1.29, 1.82) is 0 Å². The molecule has 1 aromatic carbocycles. The Morgan fingerprint density at radius 3 is 2.57 bits per heavy atom. The number of nitrogen functional groups attached to an aromatic ring is 1. The molecule has 2 N–H and O–H groups in total. The molecule has 0 saturated carbocycles. The molecule has 30 heavy (non-hydrogen) atoms. The first-order chi connectivity index (χ1) is 14.7. The number of benzene rings is 1. The maximum Gasteiger partial charge on any atom is 0.219 e. The number of pyridine rings is 1. The Bertz CT molecular complexity index is 1270. The zero-order chi connectivity index (χ0) is 20.5. The van der Waals surface area contributed by atoms with Gasteiger partial charge in [-0.05, 0) is 24.5 Å². The van der Waals surface area contributed by atoms with Gasteiger partial charge >= 0.3 is 0 Å². The Balaban J connectivity index is 1.48. The standard InChI is InChI=1S/C23H17ClN6/c24-22-20-9-8-19(17-4-2-1-3-5-17)21(20)29-30(22)18-10-15(11-26-14-18)6-7-16-12-27-23(25)28-13-16/h1-5,10-14,19H,8-9H2,(H2,25,27,28). The number of aromatic nitrogens is 5. The van der Waals surface area contributed by atoms with Gasteiger partial charge in [0.25, 0.3) is 0 Å². The van der Waals surface area contributed by atoms with Gasteiger partial charge in [-0.1, -0.05) is 53.8 Å². The summed E-state index contributed by atoms with van der Waals surface area (Å²) in [4.78, 5) is 12.2. The number of hydrogen-bond acceptors (Lipinski definition) is 5. The highest BCUT2D eigenvalue weighted by Gasteiger charge is 2.31. The number of nitrogens with zero attached hydrogens (tertiary/aromatic N) is 5. The van der Waals surface area contributed by atoms with E-state index >= 15 is 0 Å². The molecule has 0 amide bonds. The third kappa shape index (κ3) is 3.40. The molecule has 6 nitrogen and oxygen atoms in total. The Morgan fingerprint density at radius 1 is 1.00 bits per heavy atom. The molecule has 1 aliphatic rings. The minimum absolute atomic E-state index is 0.222. The van der Waals surface area contributed by atoms with E-state index in [4.69, 9.17) is 22.4 Å². The maximum atomic E-state index is 6.71. The summed E-state index contributed by atoms with van der Waals surface area (Å²) < 4.78 is 1.76. The average molecular weight is 413 g/mol. The van der Waals surface area contributed by atoms with Crippen LogP contribution in [-0.2, 0) is 6.42 Å². The fourth-order valence-corrected chi connectivity index (χ4v) is 4.05. The maximum absolute atomic E-state index is 6.71. The van der Waals surface area contributed by atoms with Crippen molar-refractivity contribution in [1.82, 2.24) is 24.7 Å². The lowest BCUT2D eigenvalue weighted by Crippen LogP contribution is -2.03. The van der Waals surface area contributed by atoms with Gasteiger partial charge in [0.2, 0.25) is 5.95 Å². The third-order valence-corrected chi connectivity index (χ3v) is 5.55. The molecule has 0 fully saturated rings. The van der Waals surface area contributed by atoms with Crippen LogP contribution in [0.5, 0.6) is 0 Å². The van der Waals surface area contributed by atoms with Crippen LogP contribution in [0, 0.1) is 11.8 Å². The van der Waals surface area contributed by atoms with E-state index in [2.05, 4.69) is 51.1 Å². The highest BCUT2D eigenvalue weighted by molar-refractivity contribution is 6.30. The summed E-state index contributed by atoms with van der Waals surface area (Å²) in [5.74, 6) is 6.58. The molecular weight excluding hydrogens is 396 g/mol. The molecule has 1 atom stereocenters. The summed E-state index contributed by atoms with van der Waals surface area (Å²) in [6.07, 6.45) is 8.56. The van der Waals surface area contributed by atoms with Crippen LogP contribution in [0.15, 0.2) is 61.2 Å². The minimum atomic E-state index is 0.222. The van der Waals surface area contributed by atoms with Crippen molar-refractivity contribution in [3.63, 3.8) is 0 Å². The van der Waals surface area contributed by atoms with Crippen molar-refractivity contribution < 1.29 is 0 Å². The van der Waals surface area contributed by atoms with Crippen LogP contribution in [-0.4, -0.2) is 24.7 Å². The van der Waals surface area contributed by atoms with Crippen molar-refractivity contribution in [2.24, 2.45) is 0 Å². The van der Waals surface area contributed by atoms with Gasteiger partial charge in [0, 0.05) is 35.6 Å². The summed E-state index contributed by atoms with van der Waals surface area (Å²) in [5, 5.41) is 5.49. The molecule has 0 spiro atoms. The van der Waals surface area contributed by atoms with Gasteiger partial charge in [0.15, 0.2) is 0 Å². The Hall–Kier alpha value is -3.69. The summed E-state index contributed by atoms with van der Waals surface area (Å²) in [6, 6.07) is 12.4. The number of rotatable bonds is 2. The fraction of sp³-hybridized carbons (Fsp3) is 0.130. The second-order valence-electron chi connectivity index (χ2n) is 7.08. The van der Waals surface area contributed by atoms with E-state index in [0.29, 0.717) is 10.7 Å². The lowest BCUT2D eigenvalue weighted by molar-refractivity contribution is 0.726. The second-order valence-corrected chi connectivity index (χ2v) is 7.44. The van der Waals surface area contributed by atoms with E-state index in [1.807, 2.05) is 12.1 Å². The van der Waals surface area contributed by atoms with Crippen molar-refractivity contribution in [3.8, 4) is 17.5 Å². The quantitative estimate of drug-likeness (QED) is 0.507. The Labute approximate surface area is 178 Å². The fourth-order valence-electron chi connectivity index (χ4n) is 3.72. The van der Waals surface area contributed by atoms with E-state index in [9.17, 15) is 0 Å². The molecule has 7 heteroatoms. The zero-order valence-corrected chi connectivity index (χ0v) is 16.7. The lowest BCUT2D eigenvalue weighted by atomic mass is 9.97. The molecular formula is C23H17ClN6. The Morgan fingerprint density at radius 2 is 1.77 bits per heavy atom. The molecule has 5 rings (SSSR count). The first-order valence-electron chi connectivity index (χ1n) is 9.56. The molecule has 1 aliphatic carbocycles. The van der Waals surface area contributed by atoms with Crippen LogP contribution >= 0.6 is 11.6 Å². The molecule has 4 aromatic rings. The number of halogens is 1. The highest BCUT2D eigenvalue weighted by atomic mass is 35.5. The minimum Gasteiger partial charge on any atom is -0.368 e. The predicted octanol–water partition coefficient (Wildman–Crippen LogP) is 3.77. The van der Waals surface area contributed by atoms with Crippen molar-refractivity contribution in [2.75, 3.05) is 5.73 Å². The molecule has 3 aromatic heterocycles. The van der Waals surface area contributed by atoms with Crippen LogP contribution < -0.4 is 5.73 Å². The first kappa shape index (κ1) is 18.3. The van der Waals surface area contributed by atoms with Gasteiger partial charge in [-0.15, -0.1) is 0 Å². The second kappa shape index (κ2) is 7.62. The molecule has 146 valence electrons. The first-order valence-corrected chi connectivity index (χ1v) is 9.94. The predicted molar refractivity (Wildman–Crippen MR) is 115 cm³/mol. The summed E-state index contributed by atoms with van der Waals surface area (Å²) >= 11 is 6.71. The average Bonchev–Trinajstić information content (AvgIpc) is 3.34. The van der Waals surface area contributed by atoms with Gasteiger partial charge in [-0.2, -0.15) is 5.10 Å². The summed E-state index contributed by atoms with van der Waals surface area (Å²) in [6.45, 7) is 0.